The molecule has 456 valence electrons. The van der Waals surface area contributed by atoms with Crippen molar-refractivity contribution in [2.24, 2.45) is 42.3 Å². The monoisotopic (exact) mass is 1270 g/mol. The molecule has 0 aliphatic heterocycles. The van der Waals surface area contributed by atoms with E-state index < -0.39 is 65.1 Å². The van der Waals surface area contributed by atoms with Gasteiger partial charge in [-0.2, -0.15) is 54.5 Å². The molecule has 0 bridgehead atoms. The Balaban J connectivity index is 0.000000144. The topological polar surface area (TPSA) is 287 Å². The van der Waals surface area contributed by atoms with Gasteiger partial charge in [-0.25, -0.2) is 64.5 Å². The van der Waals surface area contributed by atoms with Crippen molar-refractivity contribution in [2.75, 3.05) is 17.3 Å². The lowest BCUT2D eigenvalue weighted by atomic mass is 10.2. The molecular formula is C51H45F9N18O6S3. The first-order valence-electron chi connectivity index (χ1n) is 25.5. The number of imidazole rings is 3. The molecule has 3 aromatic carbocycles. The van der Waals surface area contributed by atoms with Crippen LogP contribution in [0.5, 0.6) is 0 Å². The Morgan fingerprint density at radius 2 is 0.678 bits per heavy atom. The SMILES string of the molecule is CCS(=O)(=O)c1cc2c(cc1-c1nc3cc(C(F)(F)F)ncc3n1C)nnn2C.CCS(=O)(=O)c1cc2nn(C)nc2cc1-c1nc2cc(C(F)(F)F)ncc2n1C.CCS(=O)(=O)c1cc2nnn(C)c2cc1-c1nc2cc(C(F)(F)F)ncc2n1C. The zero-order valence-electron chi connectivity index (χ0n) is 46.7. The molecule has 0 amide bonds. The molecule has 0 unspecified atom stereocenters. The highest BCUT2D eigenvalue weighted by Crippen LogP contribution is 2.39. The largest absolute Gasteiger partial charge is 0.433 e. The van der Waals surface area contributed by atoms with E-state index in [1.54, 1.807) is 48.4 Å². The molecule has 0 saturated carbocycles. The van der Waals surface area contributed by atoms with E-state index >= 15 is 0 Å². The van der Waals surface area contributed by atoms with Crippen molar-refractivity contribution < 1.29 is 64.8 Å². The van der Waals surface area contributed by atoms with Crippen LogP contribution < -0.4 is 0 Å². The molecule has 0 spiro atoms. The van der Waals surface area contributed by atoms with Crippen LogP contribution in [-0.2, 0) is 90.3 Å². The Bertz CT molecular complexity index is 4980. The van der Waals surface area contributed by atoms with Gasteiger partial charge in [0.2, 0.25) is 0 Å². The van der Waals surface area contributed by atoms with Crippen molar-refractivity contribution in [1.29, 1.82) is 0 Å². The summed E-state index contributed by atoms with van der Waals surface area (Å²) in [6.45, 7) is 4.53. The molecule has 0 fully saturated rings. The summed E-state index contributed by atoms with van der Waals surface area (Å²) in [5.74, 6) is 0.128. The van der Waals surface area contributed by atoms with Gasteiger partial charge in [0.15, 0.2) is 29.5 Å². The van der Waals surface area contributed by atoms with E-state index in [-0.39, 0.29) is 82.7 Å². The van der Waals surface area contributed by atoms with Crippen LogP contribution in [0.2, 0.25) is 0 Å². The minimum absolute atomic E-state index is 0.00425. The number of aromatic nitrogens is 18. The van der Waals surface area contributed by atoms with Crippen LogP contribution in [0.25, 0.3) is 100 Å². The fourth-order valence-corrected chi connectivity index (χ4v) is 12.7. The number of benzene rings is 3. The van der Waals surface area contributed by atoms with E-state index in [9.17, 15) is 64.8 Å². The Labute approximate surface area is 485 Å². The number of nitrogens with zero attached hydrogens (tertiary/aromatic N) is 18. The summed E-state index contributed by atoms with van der Waals surface area (Å²) in [5.41, 5.74) is 1.50. The van der Waals surface area contributed by atoms with Gasteiger partial charge in [0.1, 0.15) is 56.6 Å². The van der Waals surface area contributed by atoms with E-state index in [4.69, 9.17) is 0 Å². The smallest absolute Gasteiger partial charge is 0.326 e. The fraction of sp³-hybridized carbons (Fsp3) is 0.294. The lowest BCUT2D eigenvalue weighted by Gasteiger charge is -2.10. The van der Waals surface area contributed by atoms with Crippen molar-refractivity contribution in [3.8, 4) is 34.2 Å². The van der Waals surface area contributed by atoms with E-state index in [2.05, 4.69) is 60.7 Å². The Morgan fingerprint density at radius 3 is 1.03 bits per heavy atom. The molecule has 87 heavy (non-hydrogen) atoms. The predicted molar refractivity (Wildman–Crippen MR) is 296 cm³/mol. The van der Waals surface area contributed by atoms with E-state index in [1.807, 2.05) is 0 Å². The molecule has 9 aromatic heterocycles. The molecule has 0 aliphatic carbocycles. The standard InChI is InChI=1S/3C17H15F3N6O2S/c1-4-29(27,28)14-6-11-12(26(3)24-23-11)5-9(14)16-22-10-7-15(17(18,19)20)21-8-13(10)25(16)2;1-4-29(27,28)14-7-12-11(23-24-26(12)3)5-9(14)16-22-10-6-15(17(18,19)20)21-8-13(10)25(16)2;1-4-29(27,28)14-6-11-10(23-26(3)24-11)5-9(14)16-22-12-7-15(17(18,19)20)21-8-13(12)25(16)2/h3*5-8H,4H2,1-3H3. The first kappa shape index (κ1) is 61.0. The molecule has 0 radical (unpaired) electrons. The first-order chi connectivity index (χ1) is 40.6. The quantitative estimate of drug-likeness (QED) is 0.123. The third-order valence-corrected chi connectivity index (χ3v) is 19.4. The summed E-state index contributed by atoms with van der Waals surface area (Å²) in [4.78, 5) is 24.6. The Kier molecular flexibility index (Phi) is 15.0. The number of sulfone groups is 3. The second kappa shape index (κ2) is 21.4. The predicted octanol–water partition coefficient (Wildman–Crippen LogP) is 8.19. The minimum Gasteiger partial charge on any atom is -0.326 e. The van der Waals surface area contributed by atoms with Crippen molar-refractivity contribution in [2.45, 2.75) is 54.0 Å². The number of pyridine rings is 3. The lowest BCUT2D eigenvalue weighted by molar-refractivity contribution is -0.141. The Morgan fingerprint density at radius 1 is 0.379 bits per heavy atom. The van der Waals surface area contributed by atoms with Gasteiger partial charge in [-0.15, -0.1) is 10.2 Å². The van der Waals surface area contributed by atoms with Gasteiger partial charge < -0.3 is 13.7 Å². The molecule has 12 aromatic rings. The average Bonchev–Trinajstić information content (AvgIpc) is 1.71. The van der Waals surface area contributed by atoms with Gasteiger partial charge in [0.05, 0.1) is 94.7 Å². The molecule has 0 saturated heterocycles. The maximum absolute atomic E-state index is 13.0. The third-order valence-electron chi connectivity index (χ3n) is 14.0. The maximum atomic E-state index is 13.0. The summed E-state index contributed by atoms with van der Waals surface area (Å²) in [7, 11) is -1.35. The van der Waals surface area contributed by atoms with Gasteiger partial charge in [-0.05, 0) is 54.6 Å². The van der Waals surface area contributed by atoms with Crippen molar-refractivity contribution in [3.05, 3.63) is 90.3 Å². The Hall–Kier alpha value is -9.06. The minimum atomic E-state index is -4.61. The van der Waals surface area contributed by atoms with Gasteiger partial charge in [-0.1, -0.05) is 31.2 Å². The molecular weight excluding hydrogens is 1230 g/mol. The number of fused-ring (bicyclic) bond motifs is 6. The van der Waals surface area contributed by atoms with Crippen LogP contribution in [0.4, 0.5) is 39.5 Å². The van der Waals surface area contributed by atoms with Crippen LogP contribution in [0.3, 0.4) is 0 Å². The number of hydrogen-bond acceptors (Lipinski definition) is 18. The average molecular weight is 1270 g/mol. The zero-order valence-corrected chi connectivity index (χ0v) is 49.1. The molecule has 0 atom stereocenters. The fourth-order valence-electron chi connectivity index (χ4n) is 9.39. The molecule has 36 heteroatoms. The van der Waals surface area contributed by atoms with E-state index in [1.165, 1.54) is 79.0 Å². The number of halogens is 9. The summed E-state index contributed by atoms with van der Waals surface area (Å²) < 4.78 is 201. The van der Waals surface area contributed by atoms with Crippen LogP contribution in [0.1, 0.15) is 37.9 Å². The van der Waals surface area contributed by atoms with Gasteiger partial charge >= 0.3 is 18.5 Å². The second-order valence-electron chi connectivity index (χ2n) is 19.5. The van der Waals surface area contributed by atoms with Crippen LogP contribution in [0, 0.1) is 0 Å². The van der Waals surface area contributed by atoms with Gasteiger partial charge in [0.25, 0.3) is 0 Å². The van der Waals surface area contributed by atoms with Crippen LogP contribution in [-0.4, -0.2) is 131 Å². The summed E-state index contributed by atoms with van der Waals surface area (Å²) in [6.07, 6.45) is -10.6. The summed E-state index contributed by atoms with van der Waals surface area (Å²) >= 11 is 0. The van der Waals surface area contributed by atoms with Crippen molar-refractivity contribution >= 4 is 95.7 Å². The number of rotatable bonds is 9. The maximum Gasteiger partial charge on any atom is 0.433 e. The zero-order chi connectivity index (χ0) is 63.4. The highest BCUT2D eigenvalue weighted by molar-refractivity contribution is 7.92. The van der Waals surface area contributed by atoms with E-state index in [0.717, 1.165) is 36.8 Å². The number of aryl methyl sites for hydroxylation is 6. The van der Waals surface area contributed by atoms with Crippen LogP contribution in [0.15, 0.2) is 87.9 Å². The summed E-state index contributed by atoms with van der Waals surface area (Å²) in [6, 6.07) is 11.5. The third kappa shape index (κ3) is 11.1. The number of hydrogen-bond donors (Lipinski definition) is 0. The normalized spacial score (nSPS) is 12.9. The highest BCUT2D eigenvalue weighted by atomic mass is 32.2. The van der Waals surface area contributed by atoms with Gasteiger partial charge in [-0.3, -0.25) is 0 Å². The molecule has 24 nitrogen and oxygen atoms in total. The molecule has 0 aliphatic rings. The van der Waals surface area contributed by atoms with Crippen molar-refractivity contribution in [1.82, 2.24) is 88.6 Å². The molecule has 0 N–H and O–H groups in total. The van der Waals surface area contributed by atoms with Gasteiger partial charge in [0, 0.05) is 59.0 Å². The van der Waals surface area contributed by atoms with E-state index in [0.29, 0.717) is 49.7 Å². The highest BCUT2D eigenvalue weighted by Gasteiger charge is 2.36. The first-order valence-corrected chi connectivity index (χ1v) is 30.4. The van der Waals surface area contributed by atoms with Crippen LogP contribution >= 0.6 is 0 Å². The summed E-state index contributed by atoms with van der Waals surface area (Å²) in [5, 5.41) is 24.1. The molecule has 12 rings (SSSR count). The second-order valence-corrected chi connectivity index (χ2v) is 26.2. The molecule has 9 heterocycles. The van der Waals surface area contributed by atoms with Crippen molar-refractivity contribution in [3.63, 3.8) is 0 Å². The lowest BCUT2D eigenvalue weighted by Crippen LogP contribution is -2.08. The number of alkyl halides is 9.